The minimum absolute atomic E-state index is 0.220. The van der Waals surface area contributed by atoms with Crippen molar-refractivity contribution in [1.82, 2.24) is 14.7 Å². The van der Waals surface area contributed by atoms with E-state index in [4.69, 9.17) is 4.74 Å². The molecule has 5 nitrogen and oxygen atoms in total. The lowest BCUT2D eigenvalue weighted by Gasteiger charge is -2.27. The van der Waals surface area contributed by atoms with Crippen molar-refractivity contribution in [3.63, 3.8) is 0 Å². The molecule has 0 spiro atoms. The van der Waals surface area contributed by atoms with E-state index >= 15 is 0 Å². The van der Waals surface area contributed by atoms with Gasteiger partial charge in [0.15, 0.2) is 5.75 Å². The standard InChI is InChI=1S/C13H23N3O2S2/c1-15(2)4-5-16-12(10(18-3)8-14-16)13(17)11-9-19-6-7-20-11/h8,11,13,17H,4-7,9H2,1-3H3. The summed E-state index contributed by atoms with van der Waals surface area (Å²) in [5.74, 6) is 3.94. The van der Waals surface area contributed by atoms with Crippen molar-refractivity contribution >= 4 is 23.5 Å². The van der Waals surface area contributed by atoms with Gasteiger partial charge in [-0.2, -0.15) is 28.6 Å². The number of ether oxygens (including phenoxy) is 1. The number of hydrogen-bond acceptors (Lipinski definition) is 6. The summed E-state index contributed by atoms with van der Waals surface area (Å²) in [6.45, 7) is 1.64. The van der Waals surface area contributed by atoms with Crippen LogP contribution in [-0.2, 0) is 6.54 Å². The van der Waals surface area contributed by atoms with Gasteiger partial charge in [-0.25, -0.2) is 0 Å². The Hall–Kier alpha value is -0.370. The second kappa shape index (κ2) is 7.59. The second-order valence-electron chi connectivity index (χ2n) is 5.05. The Kier molecular flexibility index (Phi) is 6.07. The summed E-state index contributed by atoms with van der Waals surface area (Å²) in [6.07, 6.45) is 1.18. The van der Waals surface area contributed by atoms with E-state index in [1.807, 2.05) is 42.3 Å². The number of thioether (sulfide) groups is 2. The highest BCUT2D eigenvalue weighted by atomic mass is 32.2. The number of aromatic nitrogens is 2. The lowest BCUT2D eigenvalue weighted by atomic mass is 10.2. The zero-order chi connectivity index (χ0) is 14.5. The maximum absolute atomic E-state index is 10.7. The number of hydrogen-bond donors (Lipinski definition) is 1. The zero-order valence-corrected chi connectivity index (χ0v) is 13.9. The Morgan fingerprint density at radius 3 is 2.95 bits per heavy atom. The average molecular weight is 317 g/mol. The summed E-state index contributed by atoms with van der Waals surface area (Å²) in [7, 11) is 5.70. The predicted octanol–water partition coefficient (Wildman–Crippen LogP) is 1.34. The first kappa shape index (κ1) is 16.0. The smallest absolute Gasteiger partial charge is 0.162 e. The molecule has 2 heterocycles. The van der Waals surface area contributed by atoms with Gasteiger partial charge in [-0.3, -0.25) is 4.68 Å². The molecule has 7 heteroatoms. The van der Waals surface area contributed by atoms with Gasteiger partial charge in [-0.1, -0.05) is 0 Å². The van der Waals surface area contributed by atoms with Gasteiger partial charge in [-0.05, 0) is 14.1 Å². The van der Waals surface area contributed by atoms with Crippen LogP contribution >= 0.6 is 23.5 Å². The Balaban J connectivity index is 2.16. The molecule has 0 radical (unpaired) electrons. The van der Waals surface area contributed by atoms with E-state index in [-0.39, 0.29) is 5.25 Å². The van der Waals surface area contributed by atoms with Crippen LogP contribution in [0, 0.1) is 0 Å². The van der Waals surface area contributed by atoms with Crippen molar-refractivity contribution < 1.29 is 9.84 Å². The second-order valence-corrected chi connectivity index (χ2v) is 7.55. The number of likely N-dealkylation sites (N-methyl/N-ethyl adjacent to an activating group) is 1. The summed E-state index contributed by atoms with van der Waals surface area (Å²) < 4.78 is 7.25. The number of methoxy groups -OCH3 is 1. The Morgan fingerprint density at radius 2 is 2.35 bits per heavy atom. The van der Waals surface area contributed by atoms with Crippen molar-refractivity contribution in [2.75, 3.05) is 45.0 Å². The van der Waals surface area contributed by atoms with Gasteiger partial charge in [0.2, 0.25) is 0 Å². The monoisotopic (exact) mass is 317 g/mol. The van der Waals surface area contributed by atoms with Crippen LogP contribution < -0.4 is 4.74 Å². The summed E-state index contributed by atoms with van der Waals surface area (Å²) in [5, 5.41) is 15.3. The third kappa shape index (κ3) is 3.84. The molecule has 1 aromatic heterocycles. The molecule has 0 aliphatic carbocycles. The van der Waals surface area contributed by atoms with Gasteiger partial charge in [0, 0.05) is 29.1 Å². The number of aliphatic hydroxyl groups is 1. The maximum atomic E-state index is 10.7. The molecular formula is C13H23N3O2S2. The minimum atomic E-state index is -0.521. The Morgan fingerprint density at radius 1 is 1.55 bits per heavy atom. The highest BCUT2D eigenvalue weighted by molar-refractivity contribution is 8.06. The predicted molar refractivity (Wildman–Crippen MR) is 85.9 cm³/mol. The van der Waals surface area contributed by atoms with Crippen LogP contribution in [0.4, 0.5) is 0 Å². The summed E-state index contributed by atoms with van der Waals surface area (Å²) >= 11 is 3.75. The molecule has 114 valence electrons. The molecule has 1 aliphatic rings. The lowest BCUT2D eigenvalue weighted by Crippen LogP contribution is -2.27. The quantitative estimate of drug-likeness (QED) is 0.854. The number of aliphatic hydroxyl groups excluding tert-OH is 1. The SMILES string of the molecule is COc1cnn(CCN(C)C)c1C(O)C1CSCCS1. The number of nitrogens with zero attached hydrogens (tertiary/aromatic N) is 3. The van der Waals surface area contributed by atoms with E-state index in [1.165, 1.54) is 5.75 Å². The van der Waals surface area contributed by atoms with E-state index in [0.29, 0.717) is 5.75 Å². The Bertz CT molecular complexity index is 420. The maximum Gasteiger partial charge on any atom is 0.162 e. The number of rotatable bonds is 6. The van der Waals surface area contributed by atoms with E-state index in [1.54, 1.807) is 13.3 Å². The molecule has 1 N–H and O–H groups in total. The van der Waals surface area contributed by atoms with Gasteiger partial charge >= 0.3 is 0 Å². The van der Waals surface area contributed by atoms with E-state index < -0.39 is 6.10 Å². The third-order valence-electron chi connectivity index (χ3n) is 3.30. The fraction of sp³-hybridized carbons (Fsp3) is 0.769. The molecule has 1 aliphatic heterocycles. The first-order valence-corrected chi connectivity index (χ1v) is 8.95. The van der Waals surface area contributed by atoms with Crippen LogP contribution in [0.25, 0.3) is 0 Å². The normalized spacial score (nSPS) is 21.1. The molecule has 1 fully saturated rings. The van der Waals surface area contributed by atoms with Gasteiger partial charge < -0.3 is 14.7 Å². The van der Waals surface area contributed by atoms with Crippen molar-refractivity contribution in [3.05, 3.63) is 11.9 Å². The van der Waals surface area contributed by atoms with Crippen molar-refractivity contribution in [2.45, 2.75) is 17.9 Å². The average Bonchev–Trinajstić information content (AvgIpc) is 2.88. The molecule has 0 saturated carbocycles. The lowest BCUT2D eigenvalue weighted by molar-refractivity contribution is 0.163. The van der Waals surface area contributed by atoms with Crippen LogP contribution in [0.1, 0.15) is 11.8 Å². The van der Waals surface area contributed by atoms with E-state index in [2.05, 4.69) is 10.00 Å². The van der Waals surface area contributed by atoms with Gasteiger partial charge in [0.05, 0.1) is 19.9 Å². The Labute approximate surface area is 129 Å². The molecule has 0 amide bonds. The molecule has 1 saturated heterocycles. The van der Waals surface area contributed by atoms with Crippen LogP contribution in [0.2, 0.25) is 0 Å². The van der Waals surface area contributed by atoms with Crippen molar-refractivity contribution in [1.29, 1.82) is 0 Å². The van der Waals surface area contributed by atoms with Gasteiger partial charge in [0.25, 0.3) is 0 Å². The summed E-state index contributed by atoms with van der Waals surface area (Å²) in [5.41, 5.74) is 0.814. The van der Waals surface area contributed by atoms with Crippen molar-refractivity contribution in [3.8, 4) is 5.75 Å². The van der Waals surface area contributed by atoms with Crippen LogP contribution in [0.15, 0.2) is 6.20 Å². The molecule has 2 atom stereocenters. The third-order valence-corrected chi connectivity index (χ3v) is 6.15. The summed E-state index contributed by atoms with van der Waals surface area (Å²) in [6, 6.07) is 0. The minimum Gasteiger partial charge on any atom is -0.493 e. The highest BCUT2D eigenvalue weighted by Gasteiger charge is 2.29. The molecular weight excluding hydrogens is 294 g/mol. The molecule has 0 bridgehead atoms. The molecule has 0 aromatic carbocycles. The molecule has 2 unspecified atom stereocenters. The first-order chi connectivity index (χ1) is 9.63. The first-order valence-electron chi connectivity index (χ1n) is 6.75. The fourth-order valence-corrected chi connectivity index (χ4v) is 4.90. The van der Waals surface area contributed by atoms with Crippen LogP contribution in [0.5, 0.6) is 5.75 Å². The zero-order valence-electron chi connectivity index (χ0n) is 12.3. The summed E-state index contributed by atoms with van der Waals surface area (Å²) in [4.78, 5) is 2.11. The van der Waals surface area contributed by atoms with Crippen LogP contribution in [-0.4, -0.2) is 70.0 Å². The molecule has 2 rings (SSSR count). The van der Waals surface area contributed by atoms with Crippen molar-refractivity contribution in [2.24, 2.45) is 0 Å². The largest absolute Gasteiger partial charge is 0.493 e. The highest BCUT2D eigenvalue weighted by Crippen LogP contribution is 2.36. The molecule has 20 heavy (non-hydrogen) atoms. The van der Waals surface area contributed by atoms with E-state index in [9.17, 15) is 5.11 Å². The van der Waals surface area contributed by atoms with E-state index in [0.717, 1.165) is 30.3 Å². The van der Waals surface area contributed by atoms with Crippen LogP contribution in [0.3, 0.4) is 0 Å². The van der Waals surface area contributed by atoms with Gasteiger partial charge in [-0.15, -0.1) is 0 Å². The molecule has 1 aromatic rings. The van der Waals surface area contributed by atoms with Gasteiger partial charge in [0.1, 0.15) is 11.8 Å². The topological polar surface area (TPSA) is 50.5 Å². The fourth-order valence-electron chi connectivity index (χ4n) is 2.17.